The summed E-state index contributed by atoms with van der Waals surface area (Å²) in [6.07, 6.45) is -3.19. The molecule has 3 rings (SSSR count). The first-order valence-electron chi connectivity index (χ1n) is 12.2. The maximum Gasteiger partial charge on any atom is 0.416 e. The third kappa shape index (κ3) is 6.66. The highest BCUT2D eigenvalue weighted by Crippen LogP contribution is 2.33. The molecule has 1 amide bonds. The second kappa shape index (κ2) is 11.7. The zero-order valence-electron chi connectivity index (χ0n) is 20.8. The molecule has 6 nitrogen and oxygen atoms in total. The number of benzene rings is 2. The molecule has 1 unspecified atom stereocenters. The molecule has 0 spiro atoms. The molecule has 1 fully saturated rings. The summed E-state index contributed by atoms with van der Waals surface area (Å²) in [5.41, 5.74) is 0.0798. The van der Waals surface area contributed by atoms with Crippen LogP contribution in [0.15, 0.2) is 59.5 Å². The minimum absolute atomic E-state index is 0.0243. The molecule has 0 radical (unpaired) electrons. The monoisotopic (exact) mass is 525 g/mol. The maximum absolute atomic E-state index is 13.4. The molecule has 0 aromatic heterocycles. The van der Waals surface area contributed by atoms with E-state index in [0.29, 0.717) is 45.0 Å². The number of hydrogen-bond donors (Lipinski definition) is 1. The van der Waals surface area contributed by atoms with E-state index in [1.165, 1.54) is 10.4 Å². The molecular weight excluding hydrogens is 491 g/mol. The van der Waals surface area contributed by atoms with Crippen molar-refractivity contribution in [1.29, 1.82) is 0 Å². The summed E-state index contributed by atoms with van der Waals surface area (Å²) < 4.78 is 67.7. The highest BCUT2D eigenvalue weighted by Gasteiger charge is 2.38. The van der Waals surface area contributed by atoms with Crippen molar-refractivity contribution in [2.45, 2.75) is 75.8 Å². The number of sulfonamides is 1. The Labute approximate surface area is 211 Å². The van der Waals surface area contributed by atoms with Gasteiger partial charge in [-0.25, -0.2) is 8.42 Å². The fraction of sp³-hybridized carbons (Fsp3) is 0.500. The van der Waals surface area contributed by atoms with Crippen LogP contribution in [0.4, 0.5) is 13.2 Å². The van der Waals surface area contributed by atoms with Crippen molar-refractivity contribution in [3.8, 4) is 0 Å². The molecular formula is C26H34F3N3O3S. The van der Waals surface area contributed by atoms with Crippen LogP contribution in [0, 0.1) is 0 Å². The molecule has 36 heavy (non-hydrogen) atoms. The van der Waals surface area contributed by atoms with Crippen molar-refractivity contribution >= 4 is 15.9 Å². The van der Waals surface area contributed by atoms with Crippen molar-refractivity contribution < 1.29 is 26.4 Å². The van der Waals surface area contributed by atoms with Gasteiger partial charge in [0.1, 0.15) is 0 Å². The van der Waals surface area contributed by atoms with Crippen LogP contribution in [0.25, 0.3) is 0 Å². The van der Waals surface area contributed by atoms with Gasteiger partial charge in [0.15, 0.2) is 0 Å². The fourth-order valence-corrected chi connectivity index (χ4v) is 6.58. The Bertz CT molecular complexity index is 1120. The summed E-state index contributed by atoms with van der Waals surface area (Å²) >= 11 is 0. The van der Waals surface area contributed by atoms with Crippen LogP contribution >= 0.6 is 0 Å². The fourth-order valence-electron chi connectivity index (χ4n) is 4.65. The lowest BCUT2D eigenvalue weighted by molar-refractivity contribution is -0.137. The number of amides is 1. The standard InChI is InChI=1S/C26H34F3N3O3S/c1-4-24(30-18-20-9-6-5-7-10-20)25(33)31-15-13-22(14-16-31)32(19(2)3)36(34,35)23-12-8-11-21(17-23)26(27,28)29/h5-12,17,19,22,24,30H,4,13-16,18H2,1-3H3. The Morgan fingerprint density at radius 1 is 1.08 bits per heavy atom. The number of halogens is 3. The van der Waals surface area contributed by atoms with E-state index in [0.717, 1.165) is 17.7 Å². The lowest BCUT2D eigenvalue weighted by Gasteiger charge is -2.40. The quantitative estimate of drug-likeness (QED) is 0.517. The van der Waals surface area contributed by atoms with Gasteiger partial charge in [-0.15, -0.1) is 0 Å². The minimum Gasteiger partial charge on any atom is -0.341 e. The molecule has 1 aliphatic rings. The second-order valence-corrected chi connectivity index (χ2v) is 11.2. The predicted molar refractivity (Wildman–Crippen MR) is 133 cm³/mol. The zero-order chi connectivity index (χ0) is 26.5. The molecule has 1 heterocycles. The average molecular weight is 526 g/mol. The molecule has 10 heteroatoms. The molecule has 0 bridgehead atoms. The molecule has 1 aliphatic heterocycles. The number of carbonyl (C=O) groups excluding carboxylic acids is 1. The van der Waals surface area contributed by atoms with E-state index in [1.54, 1.807) is 18.7 Å². The number of nitrogens with one attached hydrogen (secondary N) is 1. The average Bonchev–Trinajstić information content (AvgIpc) is 2.84. The number of piperidine rings is 1. The first-order chi connectivity index (χ1) is 16.9. The Balaban J connectivity index is 1.68. The third-order valence-electron chi connectivity index (χ3n) is 6.48. The van der Waals surface area contributed by atoms with Crippen LogP contribution in [-0.2, 0) is 27.5 Å². The van der Waals surface area contributed by atoms with Crippen LogP contribution in [0.2, 0.25) is 0 Å². The molecule has 1 saturated heterocycles. The zero-order valence-corrected chi connectivity index (χ0v) is 21.6. The minimum atomic E-state index is -4.63. The van der Waals surface area contributed by atoms with Gasteiger partial charge in [0.05, 0.1) is 16.5 Å². The van der Waals surface area contributed by atoms with Gasteiger partial charge in [-0.2, -0.15) is 17.5 Å². The lowest BCUT2D eigenvalue weighted by atomic mass is 10.0. The highest BCUT2D eigenvalue weighted by atomic mass is 32.2. The number of alkyl halides is 3. The van der Waals surface area contributed by atoms with Gasteiger partial charge >= 0.3 is 6.18 Å². The van der Waals surface area contributed by atoms with E-state index in [9.17, 15) is 26.4 Å². The summed E-state index contributed by atoms with van der Waals surface area (Å²) in [6.45, 7) is 6.70. The van der Waals surface area contributed by atoms with Crippen LogP contribution in [0.5, 0.6) is 0 Å². The van der Waals surface area contributed by atoms with Gasteiger partial charge in [-0.3, -0.25) is 4.79 Å². The molecule has 1 N–H and O–H groups in total. The van der Waals surface area contributed by atoms with Crippen LogP contribution in [-0.4, -0.2) is 54.7 Å². The van der Waals surface area contributed by atoms with Crippen LogP contribution in [0.1, 0.15) is 51.2 Å². The Morgan fingerprint density at radius 3 is 2.28 bits per heavy atom. The lowest BCUT2D eigenvalue weighted by Crippen LogP contribution is -2.54. The SMILES string of the molecule is CCC(NCc1ccccc1)C(=O)N1CCC(N(C(C)C)S(=O)(=O)c2cccc(C(F)(F)F)c2)CC1. The van der Waals surface area contributed by atoms with Crippen molar-refractivity contribution in [3.05, 3.63) is 65.7 Å². The largest absolute Gasteiger partial charge is 0.416 e. The molecule has 2 aromatic carbocycles. The van der Waals surface area contributed by atoms with Crippen molar-refractivity contribution in [1.82, 2.24) is 14.5 Å². The summed E-state index contributed by atoms with van der Waals surface area (Å²) in [5.74, 6) is -0.0243. The van der Waals surface area contributed by atoms with Gasteiger partial charge in [-0.05, 0) is 56.9 Å². The summed E-state index contributed by atoms with van der Waals surface area (Å²) in [7, 11) is -4.16. The first-order valence-corrected chi connectivity index (χ1v) is 13.7. The number of hydrogen-bond acceptors (Lipinski definition) is 4. The van der Waals surface area contributed by atoms with E-state index < -0.39 is 33.8 Å². The maximum atomic E-state index is 13.4. The summed E-state index contributed by atoms with van der Waals surface area (Å²) in [6, 6.07) is 12.4. The molecule has 2 aromatic rings. The normalized spacial score (nSPS) is 16.5. The van der Waals surface area contributed by atoms with Gasteiger partial charge in [-0.1, -0.05) is 43.3 Å². The van der Waals surface area contributed by atoms with Crippen LogP contribution in [0.3, 0.4) is 0 Å². The van der Waals surface area contributed by atoms with Gasteiger partial charge in [0.25, 0.3) is 0 Å². The predicted octanol–water partition coefficient (Wildman–Crippen LogP) is 4.66. The van der Waals surface area contributed by atoms with Crippen LogP contribution < -0.4 is 5.32 Å². The Morgan fingerprint density at radius 2 is 1.72 bits per heavy atom. The van der Waals surface area contributed by atoms with Crippen molar-refractivity contribution in [3.63, 3.8) is 0 Å². The molecule has 0 saturated carbocycles. The van der Waals surface area contributed by atoms with E-state index in [1.807, 2.05) is 37.3 Å². The van der Waals surface area contributed by atoms with E-state index in [2.05, 4.69) is 5.32 Å². The van der Waals surface area contributed by atoms with Gasteiger partial charge in [0, 0.05) is 31.7 Å². The van der Waals surface area contributed by atoms with Gasteiger partial charge < -0.3 is 10.2 Å². The van der Waals surface area contributed by atoms with E-state index in [-0.39, 0.29) is 16.8 Å². The number of nitrogens with zero attached hydrogens (tertiary/aromatic N) is 2. The summed E-state index contributed by atoms with van der Waals surface area (Å²) in [4.78, 5) is 14.5. The molecule has 198 valence electrons. The van der Waals surface area contributed by atoms with Crippen molar-refractivity contribution in [2.24, 2.45) is 0 Å². The molecule has 0 aliphatic carbocycles. The number of rotatable bonds is 9. The summed E-state index contributed by atoms with van der Waals surface area (Å²) in [5, 5.41) is 3.31. The van der Waals surface area contributed by atoms with E-state index in [4.69, 9.17) is 0 Å². The van der Waals surface area contributed by atoms with Gasteiger partial charge in [0.2, 0.25) is 15.9 Å². The Kier molecular flexibility index (Phi) is 9.18. The highest BCUT2D eigenvalue weighted by molar-refractivity contribution is 7.89. The topological polar surface area (TPSA) is 69.7 Å². The van der Waals surface area contributed by atoms with E-state index >= 15 is 0 Å². The third-order valence-corrected chi connectivity index (χ3v) is 8.61. The number of carbonyl (C=O) groups is 1. The first kappa shape index (κ1) is 28.1. The smallest absolute Gasteiger partial charge is 0.341 e. The number of likely N-dealkylation sites (tertiary alicyclic amines) is 1. The Hall–Kier alpha value is -2.43. The second-order valence-electron chi connectivity index (χ2n) is 9.34. The molecule has 1 atom stereocenters. The van der Waals surface area contributed by atoms with Crippen molar-refractivity contribution in [2.75, 3.05) is 13.1 Å².